The van der Waals surface area contributed by atoms with Gasteiger partial charge in [-0.1, -0.05) is 0 Å². The Bertz CT molecular complexity index is 1190. The molecule has 0 bridgehead atoms. The summed E-state index contributed by atoms with van der Waals surface area (Å²) in [6.07, 6.45) is -3.53. The maximum absolute atomic E-state index is 15.8. The monoisotopic (exact) mass is 549 g/mol. The number of anilines is 1. The second kappa shape index (κ2) is 10.8. The van der Waals surface area contributed by atoms with Gasteiger partial charge in [-0.25, -0.2) is 19.5 Å². The molecule has 0 spiro atoms. The van der Waals surface area contributed by atoms with E-state index in [4.69, 9.17) is 29.9 Å². The Morgan fingerprint density at radius 3 is 2.43 bits per heavy atom. The van der Waals surface area contributed by atoms with Crippen LogP contribution in [0.3, 0.4) is 0 Å². The number of hydrogen-bond donors (Lipinski definition) is 6. The molecule has 16 nitrogen and oxygen atoms in total. The SMILES string of the molecule is CCOc1nc(N)nc2c1ncn2[C@@H]1O[C@H](COP(=O)(NC(C)C(=O)O)NC(C)C(=O)O)[C@@H](O)[C@@]1(C)F. The summed E-state index contributed by atoms with van der Waals surface area (Å²) < 4.78 is 46.6. The van der Waals surface area contributed by atoms with Crippen LogP contribution in [0.5, 0.6) is 5.88 Å². The van der Waals surface area contributed by atoms with E-state index >= 15 is 4.39 Å². The van der Waals surface area contributed by atoms with Gasteiger partial charge >= 0.3 is 19.6 Å². The lowest BCUT2D eigenvalue weighted by Crippen LogP contribution is -2.43. The minimum Gasteiger partial charge on any atom is -0.480 e. The maximum atomic E-state index is 15.8. The summed E-state index contributed by atoms with van der Waals surface area (Å²) in [6.45, 7) is 4.65. The molecule has 37 heavy (non-hydrogen) atoms. The van der Waals surface area contributed by atoms with Crippen LogP contribution in [0.2, 0.25) is 0 Å². The van der Waals surface area contributed by atoms with Crippen LogP contribution in [0.15, 0.2) is 6.33 Å². The van der Waals surface area contributed by atoms with Gasteiger partial charge in [0.2, 0.25) is 11.8 Å². The van der Waals surface area contributed by atoms with E-state index in [1.54, 1.807) is 6.92 Å². The highest BCUT2D eigenvalue weighted by atomic mass is 31.2. The quantitative estimate of drug-likeness (QED) is 0.192. The number of nitrogen functional groups attached to an aromatic ring is 1. The average molecular weight is 549 g/mol. The molecule has 7 N–H and O–H groups in total. The molecule has 2 aromatic heterocycles. The standard InChI is InChI=1S/C19H29FN7O9P/c1-5-34-14-11-13(23-18(21)24-14)27(7-22-11)17-19(4,20)12(28)10(36-17)6-35-37(33,25-8(2)15(29)30)26-9(3)16(31)32/h7-10,12,17,28H,5-6H2,1-4H3,(H,29,30)(H,31,32)(H2,21,23,24)(H2,25,26,33)/t8?,9?,10-,12-,17-,19-,37?/m1/s1. The Balaban J connectivity index is 1.86. The first-order valence-corrected chi connectivity index (χ1v) is 12.7. The number of hydrogen-bond acceptors (Lipinski definition) is 11. The molecule has 1 saturated heterocycles. The Hall–Kier alpha value is -2.95. The predicted octanol–water partition coefficient (Wildman–Crippen LogP) is 0.0438. The molecule has 0 saturated carbocycles. The van der Waals surface area contributed by atoms with Gasteiger partial charge in [0.1, 0.15) is 24.3 Å². The second-order valence-corrected chi connectivity index (χ2v) is 10.4. The number of imidazole rings is 1. The molecule has 18 heteroatoms. The minimum absolute atomic E-state index is 0.0677. The number of nitrogens with two attached hydrogens (primary N) is 1. The number of aromatic nitrogens is 4. The van der Waals surface area contributed by atoms with Gasteiger partial charge in [-0.15, -0.1) is 0 Å². The maximum Gasteiger partial charge on any atom is 0.342 e. The summed E-state index contributed by atoms with van der Waals surface area (Å²) in [4.78, 5) is 34.6. The van der Waals surface area contributed by atoms with E-state index in [0.29, 0.717) is 0 Å². The number of nitrogens with zero attached hydrogens (tertiary/aromatic N) is 4. The Morgan fingerprint density at radius 2 is 1.89 bits per heavy atom. The Morgan fingerprint density at radius 1 is 1.30 bits per heavy atom. The topological polar surface area (TPSA) is 233 Å². The molecule has 0 aliphatic carbocycles. The van der Waals surface area contributed by atoms with E-state index in [1.807, 2.05) is 0 Å². The van der Waals surface area contributed by atoms with Crippen LogP contribution in [-0.4, -0.2) is 90.0 Å². The van der Waals surface area contributed by atoms with Crippen LogP contribution in [0, 0.1) is 0 Å². The largest absolute Gasteiger partial charge is 0.480 e. The highest BCUT2D eigenvalue weighted by molar-refractivity contribution is 7.54. The highest BCUT2D eigenvalue weighted by Crippen LogP contribution is 2.45. The molecule has 6 atom stereocenters. The minimum atomic E-state index is -4.35. The van der Waals surface area contributed by atoms with E-state index in [-0.39, 0.29) is 29.6 Å². The molecule has 3 heterocycles. The molecule has 206 valence electrons. The Kier molecular flexibility index (Phi) is 8.36. The van der Waals surface area contributed by atoms with Crippen LogP contribution in [0.25, 0.3) is 11.2 Å². The number of halogens is 1. The normalized spacial score (nSPS) is 27.0. The molecular weight excluding hydrogens is 520 g/mol. The lowest BCUT2D eigenvalue weighted by Gasteiger charge is -2.26. The third-order valence-corrected chi connectivity index (χ3v) is 7.51. The van der Waals surface area contributed by atoms with Crippen molar-refractivity contribution in [2.45, 2.75) is 63.9 Å². The second-order valence-electron chi connectivity index (χ2n) is 8.49. The zero-order valence-corrected chi connectivity index (χ0v) is 21.3. The zero-order chi connectivity index (χ0) is 27.7. The fourth-order valence-corrected chi connectivity index (χ4v) is 5.40. The summed E-state index contributed by atoms with van der Waals surface area (Å²) in [5.74, 6) is -2.88. The van der Waals surface area contributed by atoms with E-state index in [9.17, 15) is 19.3 Å². The first-order chi connectivity index (χ1) is 17.2. The summed E-state index contributed by atoms with van der Waals surface area (Å²) in [5, 5.41) is 33.4. The number of aliphatic carboxylic acids is 2. The summed E-state index contributed by atoms with van der Waals surface area (Å²) in [7, 11) is -4.35. The number of carboxylic acids is 2. The van der Waals surface area contributed by atoms with Crippen molar-refractivity contribution in [2.24, 2.45) is 0 Å². The highest BCUT2D eigenvalue weighted by Gasteiger charge is 2.56. The van der Waals surface area contributed by atoms with E-state index in [2.05, 4.69) is 25.1 Å². The van der Waals surface area contributed by atoms with Crippen molar-refractivity contribution in [3.63, 3.8) is 0 Å². The van der Waals surface area contributed by atoms with Crippen LogP contribution >= 0.6 is 7.67 Å². The van der Waals surface area contributed by atoms with Gasteiger partial charge in [0.25, 0.3) is 0 Å². The van der Waals surface area contributed by atoms with Gasteiger partial charge in [-0.3, -0.25) is 18.7 Å². The van der Waals surface area contributed by atoms with Gasteiger partial charge in [0.05, 0.1) is 19.5 Å². The van der Waals surface area contributed by atoms with Crippen molar-refractivity contribution in [3.8, 4) is 5.88 Å². The van der Waals surface area contributed by atoms with Crippen LogP contribution < -0.4 is 20.6 Å². The molecule has 0 radical (unpaired) electrons. The number of carbonyl (C=O) groups is 2. The van der Waals surface area contributed by atoms with Crippen LogP contribution in [0.4, 0.5) is 10.3 Å². The van der Waals surface area contributed by atoms with E-state index in [1.165, 1.54) is 10.9 Å². The van der Waals surface area contributed by atoms with Crippen molar-refractivity contribution in [2.75, 3.05) is 18.9 Å². The molecule has 3 rings (SSSR count). The number of aliphatic hydroxyl groups is 1. The molecule has 1 aliphatic heterocycles. The first-order valence-electron chi connectivity index (χ1n) is 11.1. The van der Waals surface area contributed by atoms with Crippen molar-refractivity contribution in [1.82, 2.24) is 29.7 Å². The fraction of sp³-hybridized carbons (Fsp3) is 0.632. The lowest BCUT2D eigenvalue weighted by atomic mass is 9.98. The van der Waals surface area contributed by atoms with Crippen molar-refractivity contribution < 1.29 is 47.9 Å². The number of rotatable bonds is 12. The summed E-state index contributed by atoms with van der Waals surface area (Å²) >= 11 is 0. The number of fused-ring (bicyclic) bond motifs is 1. The van der Waals surface area contributed by atoms with Gasteiger partial charge < -0.3 is 35.1 Å². The summed E-state index contributed by atoms with van der Waals surface area (Å²) in [5.41, 5.74) is 3.54. The molecule has 1 aliphatic rings. The fourth-order valence-electron chi connectivity index (χ4n) is 3.58. The zero-order valence-electron chi connectivity index (χ0n) is 20.4. The van der Waals surface area contributed by atoms with Gasteiger partial charge in [-0.2, -0.15) is 9.97 Å². The number of alkyl halides is 1. The average Bonchev–Trinajstić information content (AvgIpc) is 3.30. The molecule has 2 unspecified atom stereocenters. The van der Waals surface area contributed by atoms with Crippen molar-refractivity contribution in [1.29, 1.82) is 0 Å². The first kappa shape index (κ1) is 28.6. The lowest BCUT2D eigenvalue weighted by molar-refractivity contribution is -0.139. The molecule has 0 amide bonds. The number of ether oxygens (including phenoxy) is 2. The number of carboxylic acid groups (broad SMARTS) is 2. The van der Waals surface area contributed by atoms with Gasteiger partial charge in [-0.05, 0) is 27.7 Å². The van der Waals surface area contributed by atoms with E-state index < -0.39 is 62.4 Å². The third kappa shape index (κ3) is 5.97. The van der Waals surface area contributed by atoms with Gasteiger partial charge in [0, 0.05) is 0 Å². The molecular formula is C19H29FN7O9P. The summed E-state index contributed by atoms with van der Waals surface area (Å²) in [6, 6.07) is -2.81. The molecule has 0 aromatic carbocycles. The molecule has 2 aromatic rings. The predicted molar refractivity (Wildman–Crippen MR) is 124 cm³/mol. The molecule has 1 fully saturated rings. The number of aliphatic hydroxyl groups excluding tert-OH is 1. The van der Waals surface area contributed by atoms with Crippen molar-refractivity contribution in [3.05, 3.63) is 6.33 Å². The van der Waals surface area contributed by atoms with Crippen LogP contribution in [-0.2, 0) is 23.4 Å². The number of nitrogens with one attached hydrogen (secondary N) is 2. The van der Waals surface area contributed by atoms with Crippen molar-refractivity contribution >= 4 is 36.7 Å². The van der Waals surface area contributed by atoms with E-state index in [0.717, 1.165) is 20.8 Å². The smallest absolute Gasteiger partial charge is 0.342 e. The third-order valence-electron chi connectivity index (χ3n) is 5.55. The Labute approximate surface area is 209 Å². The van der Waals surface area contributed by atoms with Crippen LogP contribution in [0.1, 0.15) is 33.9 Å². The van der Waals surface area contributed by atoms with Gasteiger partial charge in [0.15, 0.2) is 23.1 Å².